The number of rotatable bonds is 9. The zero-order chi connectivity index (χ0) is 42.3. The molecule has 0 bridgehead atoms. The molecule has 1 aromatic heterocycles. The Morgan fingerprint density at radius 3 is 1.70 bits per heavy atom. The van der Waals surface area contributed by atoms with Gasteiger partial charge in [-0.25, -0.2) is 0 Å². The highest BCUT2D eigenvalue weighted by Gasteiger charge is 2.46. The summed E-state index contributed by atoms with van der Waals surface area (Å²) >= 11 is 0. The van der Waals surface area contributed by atoms with Gasteiger partial charge in [-0.05, 0) is 130 Å². The fourth-order valence-electron chi connectivity index (χ4n) is 10.1. The van der Waals surface area contributed by atoms with Crippen molar-refractivity contribution >= 4 is 38.8 Å². The van der Waals surface area contributed by atoms with Crippen LogP contribution in [0.4, 0.5) is 11.4 Å². The molecule has 2 nitrogen and oxygen atoms in total. The molecule has 0 atom stereocenters. The van der Waals surface area contributed by atoms with Crippen LogP contribution in [-0.2, 0) is 5.41 Å². The lowest BCUT2D eigenvalue weighted by Gasteiger charge is -2.35. The summed E-state index contributed by atoms with van der Waals surface area (Å²) in [5, 5.41) is 2.50. The van der Waals surface area contributed by atoms with E-state index in [4.69, 9.17) is 0 Å². The van der Waals surface area contributed by atoms with Crippen LogP contribution in [-0.4, -0.2) is 4.57 Å². The first-order valence-corrected chi connectivity index (χ1v) is 21.8. The minimum atomic E-state index is -0.496. The van der Waals surface area contributed by atoms with E-state index in [9.17, 15) is 0 Å². The molecule has 0 saturated heterocycles. The van der Waals surface area contributed by atoms with Crippen LogP contribution in [0.15, 0.2) is 248 Å². The van der Waals surface area contributed by atoms with Crippen LogP contribution >= 0.6 is 0 Å². The number of para-hydroxylation sites is 2. The number of hydrogen-bond acceptors (Lipinski definition) is 1. The van der Waals surface area contributed by atoms with E-state index in [2.05, 4.69) is 266 Å². The predicted octanol–water partition coefficient (Wildman–Crippen LogP) is 16.0. The van der Waals surface area contributed by atoms with Crippen molar-refractivity contribution in [2.24, 2.45) is 0 Å². The van der Waals surface area contributed by atoms with Crippen LogP contribution in [0.2, 0.25) is 0 Å². The molecular formula is C61H46N2. The molecule has 9 aromatic carbocycles. The van der Waals surface area contributed by atoms with E-state index < -0.39 is 5.41 Å². The molecule has 1 aliphatic carbocycles. The molecule has 0 N–H and O–H groups in total. The molecule has 2 heteroatoms. The highest BCUT2D eigenvalue weighted by atomic mass is 15.1. The van der Waals surface area contributed by atoms with Gasteiger partial charge < -0.3 is 9.47 Å². The molecule has 0 radical (unpaired) electrons. The molecule has 0 aliphatic heterocycles. The summed E-state index contributed by atoms with van der Waals surface area (Å²) < 4.78 is 2.37. The zero-order valence-corrected chi connectivity index (χ0v) is 35.5. The summed E-state index contributed by atoms with van der Waals surface area (Å²) in [7, 11) is 0. The Morgan fingerprint density at radius 2 is 0.984 bits per heavy atom. The number of aromatic nitrogens is 1. The first kappa shape index (κ1) is 38.0. The highest BCUT2D eigenvalue weighted by Crippen LogP contribution is 2.57. The van der Waals surface area contributed by atoms with Gasteiger partial charge in [-0.2, -0.15) is 0 Å². The molecule has 1 heterocycles. The van der Waals surface area contributed by atoms with E-state index in [1.165, 1.54) is 83.1 Å². The summed E-state index contributed by atoms with van der Waals surface area (Å²) in [6, 6.07) is 84.1. The summed E-state index contributed by atoms with van der Waals surface area (Å²) in [5.41, 5.74) is 18.9. The van der Waals surface area contributed by atoms with Gasteiger partial charge in [0.05, 0.1) is 16.4 Å². The summed E-state index contributed by atoms with van der Waals surface area (Å²) in [5.74, 6) is 0. The van der Waals surface area contributed by atoms with E-state index in [1.54, 1.807) is 0 Å². The average molecular weight is 807 g/mol. The van der Waals surface area contributed by atoms with Crippen LogP contribution in [0.1, 0.15) is 41.7 Å². The van der Waals surface area contributed by atoms with Crippen LogP contribution < -0.4 is 4.90 Å². The first-order chi connectivity index (χ1) is 31.1. The first-order valence-electron chi connectivity index (χ1n) is 21.8. The second kappa shape index (κ2) is 15.8. The third-order valence-corrected chi connectivity index (χ3v) is 13.0. The lowest BCUT2D eigenvalue weighted by molar-refractivity contribution is 0.768. The van der Waals surface area contributed by atoms with E-state index in [0.29, 0.717) is 0 Å². The maximum absolute atomic E-state index is 2.45. The largest absolute Gasteiger partial charge is 0.315 e. The predicted molar refractivity (Wildman–Crippen MR) is 266 cm³/mol. The number of fused-ring (bicyclic) bond motifs is 6. The molecule has 0 unspecified atom stereocenters. The standard InChI is InChI=1S/C61H46N2/c1-43(47-35-40-60-56(41-47)55-28-16-18-30-59(55)63(60)50-25-13-6-14-26-50)31-32-44(2)62(51-36-33-46(34-37-51)45-19-7-3-8-20-45)52-38-39-54-53-27-15-17-29-57(53)61(58(54)42-52,48-21-9-4-10-22-48)49-23-11-5-12-24-49/h3-42H,1-2H3/b43-31+,44-32+. The van der Waals surface area contributed by atoms with Gasteiger partial charge in [-0.15, -0.1) is 0 Å². The van der Waals surface area contributed by atoms with Crippen molar-refractivity contribution < 1.29 is 0 Å². The number of benzene rings is 9. The van der Waals surface area contributed by atoms with Crippen molar-refractivity contribution in [2.45, 2.75) is 19.3 Å². The molecule has 300 valence electrons. The van der Waals surface area contributed by atoms with Gasteiger partial charge in [0, 0.05) is 33.5 Å². The fourth-order valence-corrected chi connectivity index (χ4v) is 10.1. The van der Waals surface area contributed by atoms with Crippen LogP contribution in [0.25, 0.3) is 55.3 Å². The van der Waals surface area contributed by atoms with Gasteiger partial charge in [0.1, 0.15) is 0 Å². The van der Waals surface area contributed by atoms with Crippen molar-refractivity contribution in [3.05, 3.63) is 276 Å². The molecule has 0 saturated carbocycles. The van der Waals surface area contributed by atoms with E-state index in [-0.39, 0.29) is 0 Å². The summed E-state index contributed by atoms with van der Waals surface area (Å²) in [4.78, 5) is 2.42. The molecular weight excluding hydrogens is 761 g/mol. The topological polar surface area (TPSA) is 8.17 Å². The minimum absolute atomic E-state index is 0.496. The molecule has 10 aromatic rings. The third-order valence-electron chi connectivity index (χ3n) is 13.0. The molecule has 0 fully saturated rings. The van der Waals surface area contributed by atoms with Crippen molar-refractivity contribution in [1.82, 2.24) is 4.57 Å². The Balaban J connectivity index is 1.06. The number of allylic oxidation sites excluding steroid dienone is 4. The highest BCUT2D eigenvalue weighted by molar-refractivity contribution is 6.10. The number of nitrogens with zero attached hydrogens (tertiary/aromatic N) is 2. The van der Waals surface area contributed by atoms with Gasteiger partial charge in [-0.3, -0.25) is 0 Å². The average Bonchev–Trinajstić information content (AvgIpc) is 3.85. The quantitative estimate of drug-likeness (QED) is 0.132. The van der Waals surface area contributed by atoms with Crippen molar-refractivity contribution in [2.75, 3.05) is 4.90 Å². The minimum Gasteiger partial charge on any atom is -0.315 e. The smallest absolute Gasteiger partial charge is 0.0714 e. The van der Waals surface area contributed by atoms with Crippen LogP contribution in [0.3, 0.4) is 0 Å². The van der Waals surface area contributed by atoms with Gasteiger partial charge >= 0.3 is 0 Å². The Bertz CT molecular complexity index is 3280. The van der Waals surface area contributed by atoms with Gasteiger partial charge in [0.25, 0.3) is 0 Å². The lowest BCUT2D eigenvalue weighted by atomic mass is 9.67. The van der Waals surface area contributed by atoms with E-state index in [0.717, 1.165) is 17.1 Å². The van der Waals surface area contributed by atoms with Crippen molar-refractivity contribution in [3.8, 4) is 27.9 Å². The van der Waals surface area contributed by atoms with Gasteiger partial charge in [-0.1, -0.05) is 182 Å². The Labute approximate surface area is 370 Å². The zero-order valence-electron chi connectivity index (χ0n) is 35.5. The van der Waals surface area contributed by atoms with Crippen molar-refractivity contribution in [3.63, 3.8) is 0 Å². The van der Waals surface area contributed by atoms with E-state index >= 15 is 0 Å². The molecule has 1 aliphatic rings. The SMILES string of the molecule is C/C(=C\C=C(/C)N(c1ccc(-c2ccccc2)cc1)c1ccc2c(c1)C(c1ccccc1)(c1ccccc1)c1ccccc1-2)c1ccc2c(c1)c1ccccc1n2-c1ccccc1. The number of hydrogen-bond donors (Lipinski definition) is 0. The second-order valence-corrected chi connectivity index (χ2v) is 16.6. The maximum atomic E-state index is 2.45. The van der Waals surface area contributed by atoms with Crippen molar-refractivity contribution in [1.29, 1.82) is 0 Å². The fraction of sp³-hybridized carbons (Fsp3) is 0.0492. The summed E-state index contributed by atoms with van der Waals surface area (Å²) in [6.07, 6.45) is 4.56. The Hall–Kier alpha value is -7.94. The molecule has 63 heavy (non-hydrogen) atoms. The Kier molecular flexibility index (Phi) is 9.55. The normalized spacial score (nSPS) is 13.2. The summed E-state index contributed by atoms with van der Waals surface area (Å²) in [6.45, 7) is 4.45. The molecule has 0 spiro atoms. The Morgan fingerprint density at radius 1 is 0.429 bits per heavy atom. The molecule has 11 rings (SSSR count). The molecule has 0 amide bonds. The van der Waals surface area contributed by atoms with Crippen LogP contribution in [0, 0.1) is 0 Å². The van der Waals surface area contributed by atoms with E-state index in [1.807, 2.05) is 0 Å². The second-order valence-electron chi connectivity index (χ2n) is 16.6. The number of anilines is 2. The maximum Gasteiger partial charge on any atom is 0.0714 e. The third kappa shape index (κ3) is 6.42. The lowest BCUT2D eigenvalue weighted by Crippen LogP contribution is -2.28. The monoisotopic (exact) mass is 806 g/mol. The van der Waals surface area contributed by atoms with Crippen LogP contribution in [0.5, 0.6) is 0 Å². The van der Waals surface area contributed by atoms with Gasteiger partial charge in [0.15, 0.2) is 0 Å². The van der Waals surface area contributed by atoms with Gasteiger partial charge in [0.2, 0.25) is 0 Å².